The summed E-state index contributed by atoms with van der Waals surface area (Å²) in [6.07, 6.45) is 8.89. The van der Waals surface area contributed by atoms with Gasteiger partial charge >= 0.3 is 0 Å². The minimum Gasteiger partial charge on any atom is -0.379 e. The highest BCUT2D eigenvalue weighted by Gasteiger charge is 2.47. The van der Waals surface area contributed by atoms with E-state index in [0.717, 1.165) is 42.3 Å². The van der Waals surface area contributed by atoms with Gasteiger partial charge in [0.25, 0.3) is 5.91 Å². The number of aryl methyl sites for hydroxylation is 1. The van der Waals surface area contributed by atoms with Crippen molar-refractivity contribution >= 4 is 11.6 Å². The number of carbonyl (C=O) groups is 1. The van der Waals surface area contributed by atoms with Gasteiger partial charge in [-0.2, -0.15) is 0 Å². The van der Waals surface area contributed by atoms with E-state index in [1.165, 1.54) is 44.2 Å². The molecule has 1 N–H and O–H groups in total. The Kier molecular flexibility index (Phi) is 5.44. The maximum atomic E-state index is 13.4. The third kappa shape index (κ3) is 4.57. The number of ether oxygens (including phenoxy) is 1. The SMILES string of the molecule is Cn1cnnc1CC1(c2cccc(NC(=O)c3cc(CN4CCC5(CC5)C4)cc(C4CC4)n3)c2)COC1. The lowest BCUT2D eigenvalue weighted by molar-refractivity contribution is -0.0610. The molecular formula is C29H34N6O2. The number of rotatable bonds is 8. The van der Waals surface area contributed by atoms with Crippen LogP contribution in [0.1, 0.15) is 71.2 Å². The molecule has 0 unspecified atom stereocenters. The van der Waals surface area contributed by atoms with E-state index < -0.39 is 0 Å². The van der Waals surface area contributed by atoms with Crippen LogP contribution >= 0.6 is 0 Å². The molecule has 4 heterocycles. The molecule has 1 spiro atoms. The zero-order chi connectivity index (χ0) is 25.0. The second-order valence-corrected chi connectivity index (χ2v) is 11.9. The van der Waals surface area contributed by atoms with Crippen LogP contribution in [0.4, 0.5) is 5.69 Å². The van der Waals surface area contributed by atoms with Gasteiger partial charge in [0.1, 0.15) is 17.8 Å². The normalized spacial score (nSPS) is 21.6. The molecule has 1 amide bonds. The van der Waals surface area contributed by atoms with Crippen molar-refractivity contribution in [2.75, 3.05) is 31.6 Å². The minimum atomic E-state index is -0.159. The van der Waals surface area contributed by atoms with Crippen LogP contribution in [0, 0.1) is 5.41 Å². The fourth-order valence-corrected chi connectivity index (χ4v) is 6.02. The maximum absolute atomic E-state index is 13.4. The highest BCUT2D eigenvalue weighted by molar-refractivity contribution is 6.03. The van der Waals surface area contributed by atoms with Crippen molar-refractivity contribution in [3.8, 4) is 0 Å². The molecule has 2 aromatic heterocycles. The van der Waals surface area contributed by atoms with E-state index in [9.17, 15) is 4.79 Å². The molecule has 192 valence electrons. The van der Waals surface area contributed by atoms with Crippen LogP contribution < -0.4 is 5.32 Å². The third-order valence-corrected chi connectivity index (χ3v) is 8.81. The molecule has 3 aromatic rings. The number of likely N-dealkylation sites (tertiary alicyclic amines) is 1. The topological polar surface area (TPSA) is 85.2 Å². The molecule has 0 bridgehead atoms. The first-order valence-corrected chi connectivity index (χ1v) is 13.6. The van der Waals surface area contributed by atoms with E-state index in [1.807, 2.05) is 29.8 Å². The average Bonchev–Trinajstić information content (AvgIpc) is 3.77. The number of anilines is 1. The molecule has 2 aliphatic carbocycles. The van der Waals surface area contributed by atoms with Crippen molar-refractivity contribution in [3.05, 3.63) is 71.1 Å². The quantitative estimate of drug-likeness (QED) is 0.508. The Morgan fingerprint density at radius 2 is 2.03 bits per heavy atom. The van der Waals surface area contributed by atoms with Crippen LogP contribution in [0.3, 0.4) is 0 Å². The van der Waals surface area contributed by atoms with Gasteiger partial charge in [0, 0.05) is 49.3 Å². The Bertz CT molecular complexity index is 1340. The summed E-state index contributed by atoms with van der Waals surface area (Å²) in [7, 11) is 1.96. The first kappa shape index (κ1) is 23.0. The molecular weight excluding hydrogens is 464 g/mol. The summed E-state index contributed by atoms with van der Waals surface area (Å²) in [5.41, 5.74) is 5.17. The molecule has 4 fully saturated rings. The third-order valence-electron chi connectivity index (χ3n) is 8.81. The predicted molar refractivity (Wildman–Crippen MR) is 139 cm³/mol. The summed E-state index contributed by atoms with van der Waals surface area (Å²) in [5.74, 6) is 1.28. The van der Waals surface area contributed by atoms with Gasteiger partial charge < -0.3 is 14.6 Å². The van der Waals surface area contributed by atoms with E-state index in [4.69, 9.17) is 9.72 Å². The van der Waals surface area contributed by atoms with Gasteiger partial charge in [-0.05, 0) is 79.5 Å². The van der Waals surface area contributed by atoms with Crippen molar-refractivity contribution in [1.82, 2.24) is 24.6 Å². The highest BCUT2D eigenvalue weighted by atomic mass is 16.5. The lowest BCUT2D eigenvalue weighted by Gasteiger charge is -2.41. The Hall–Kier alpha value is -3.10. The fourth-order valence-electron chi connectivity index (χ4n) is 6.02. The maximum Gasteiger partial charge on any atom is 0.274 e. The van der Waals surface area contributed by atoms with Gasteiger partial charge in [0.2, 0.25) is 0 Å². The molecule has 7 rings (SSSR count). The number of hydrogen-bond acceptors (Lipinski definition) is 6. The fraction of sp³-hybridized carbons (Fsp3) is 0.517. The molecule has 2 aliphatic heterocycles. The largest absolute Gasteiger partial charge is 0.379 e. The van der Waals surface area contributed by atoms with Crippen molar-refractivity contribution in [3.63, 3.8) is 0 Å². The number of pyridine rings is 1. The molecule has 2 saturated heterocycles. The van der Waals surface area contributed by atoms with Crippen LogP contribution in [0.15, 0.2) is 42.7 Å². The molecule has 0 radical (unpaired) electrons. The molecule has 1 aromatic carbocycles. The predicted octanol–water partition coefficient (Wildman–Crippen LogP) is 3.84. The van der Waals surface area contributed by atoms with E-state index in [2.05, 4.69) is 38.6 Å². The summed E-state index contributed by atoms with van der Waals surface area (Å²) >= 11 is 0. The summed E-state index contributed by atoms with van der Waals surface area (Å²) < 4.78 is 7.59. The van der Waals surface area contributed by atoms with Crippen LogP contribution in [-0.2, 0) is 30.2 Å². The van der Waals surface area contributed by atoms with Crippen LogP contribution in [-0.4, -0.2) is 56.9 Å². The Balaban J connectivity index is 1.10. The monoisotopic (exact) mass is 498 g/mol. The van der Waals surface area contributed by atoms with Crippen molar-refractivity contribution in [2.24, 2.45) is 12.5 Å². The minimum absolute atomic E-state index is 0.145. The Morgan fingerprint density at radius 3 is 2.70 bits per heavy atom. The van der Waals surface area contributed by atoms with Gasteiger partial charge in [-0.3, -0.25) is 9.69 Å². The van der Waals surface area contributed by atoms with E-state index in [0.29, 0.717) is 30.2 Å². The van der Waals surface area contributed by atoms with Crippen molar-refractivity contribution in [1.29, 1.82) is 0 Å². The number of nitrogens with one attached hydrogen (secondary N) is 1. The summed E-state index contributed by atoms with van der Waals surface area (Å²) in [5, 5.41) is 11.4. The first-order valence-electron chi connectivity index (χ1n) is 13.6. The number of hydrogen-bond donors (Lipinski definition) is 1. The van der Waals surface area contributed by atoms with Crippen LogP contribution in [0.25, 0.3) is 0 Å². The van der Waals surface area contributed by atoms with Crippen LogP contribution in [0.5, 0.6) is 0 Å². The average molecular weight is 499 g/mol. The molecule has 2 saturated carbocycles. The number of aromatic nitrogens is 4. The molecule has 8 heteroatoms. The van der Waals surface area contributed by atoms with Gasteiger partial charge in [0.05, 0.1) is 13.2 Å². The first-order chi connectivity index (χ1) is 18.0. The van der Waals surface area contributed by atoms with Gasteiger partial charge in [-0.25, -0.2) is 4.98 Å². The van der Waals surface area contributed by atoms with E-state index >= 15 is 0 Å². The second kappa shape index (κ2) is 8.74. The zero-order valence-electron chi connectivity index (χ0n) is 21.4. The number of nitrogens with zero attached hydrogens (tertiary/aromatic N) is 5. The standard InChI is InChI=1S/C29H34N6O2/c1-34-19-30-33-26(34)14-29(17-37-18-29)22-3-2-4-23(13-22)31-27(36)25-12-20(11-24(32-25)21-5-6-21)15-35-10-9-28(16-35)7-8-28/h2-4,11-13,19,21H,5-10,14-18H2,1H3,(H,31,36). The summed E-state index contributed by atoms with van der Waals surface area (Å²) in [6, 6.07) is 12.4. The zero-order valence-corrected chi connectivity index (χ0v) is 21.4. The lowest BCUT2D eigenvalue weighted by atomic mass is 9.75. The summed E-state index contributed by atoms with van der Waals surface area (Å²) in [4.78, 5) is 20.8. The Morgan fingerprint density at radius 1 is 1.16 bits per heavy atom. The summed E-state index contributed by atoms with van der Waals surface area (Å²) in [6.45, 7) is 4.52. The molecule has 4 aliphatic rings. The number of carbonyl (C=O) groups excluding carboxylic acids is 1. The second-order valence-electron chi connectivity index (χ2n) is 11.9. The number of benzene rings is 1. The lowest BCUT2D eigenvalue weighted by Crippen LogP contribution is -2.49. The molecule has 0 atom stereocenters. The van der Waals surface area contributed by atoms with Gasteiger partial charge in [-0.1, -0.05) is 12.1 Å². The number of amides is 1. The van der Waals surface area contributed by atoms with Gasteiger partial charge in [-0.15, -0.1) is 10.2 Å². The van der Waals surface area contributed by atoms with Gasteiger partial charge in [0.15, 0.2) is 0 Å². The smallest absolute Gasteiger partial charge is 0.274 e. The highest BCUT2D eigenvalue weighted by Crippen LogP contribution is 2.52. The van der Waals surface area contributed by atoms with Crippen molar-refractivity contribution in [2.45, 2.75) is 56.4 Å². The van der Waals surface area contributed by atoms with E-state index in [1.54, 1.807) is 6.33 Å². The Labute approximate surface area is 217 Å². The molecule has 8 nitrogen and oxygen atoms in total. The van der Waals surface area contributed by atoms with Crippen molar-refractivity contribution < 1.29 is 9.53 Å². The van der Waals surface area contributed by atoms with Crippen LogP contribution in [0.2, 0.25) is 0 Å². The molecule has 37 heavy (non-hydrogen) atoms. The van der Waals surface area contributed by atoms with E-state index in [-0.39, 0.29) is 11.3 Å².